The highest BCUT2D eigenvalue weighted by Crippen LogP contribution is 2.43. The zero-order chi connectivity index (χ0) is 12.6. The standard InChI is InChI=1S/C12H16ClNO3/c1-12(2)16-10-4-7(9(15)6-14-3)8(13)5-11(10)17-12/h4-5,9,14-15H,6H2,1-3H3. The lowest BCUT2D eigenvalue weighted by atomic mass is 10.1. The second-order valence-electron chi connectivity index (χ2n) is 4.50. The third-order valence-electron chi connectivity index (χ3n) is 2.53. The molecular formula is C12H16ClNO3. The number of hydrogen-bond acceptors (Lipinski definition) is 4. The van der Waals surface area contributed by atoms with Gasteiger partial charge in [0.1, 0.15) is 0 Å². The second-order valence-corrected chi connectivity index (χ2v) is 4.91. The van der Waals surface area contributed by atoms with E-state index in [-0.39, 0.29) is 0 Å². The first kappa shape index (κ1) is 12.5. The third kappa shape index (κ3) is 2.49. The first-order valence-corrected chi connectivity index (χ1v) is 5.85. The van der Waals surface area contributed by atoms with Gasteiger partial charge in [0.25, 0.3) is 0 Å². The molecule has 1 aromatic rings. The van der Waals surface area contributed by atoms with Crippen molar-refractivity contribution in [2.45, 2.75) is 25.7 Å². The minimum Gasteiger partial charge on any atom is -0.449 e. The Labute approximate surface area is 105 Å². The molecule has 0 saturated carbocycles. The van der Waals surface area contributed by atoms with Crippen LogP contribution in [0.4, 0.5) is 0 Å². The molecule has 4 nitrogen and oxygen atoms in total. The molecule has 1 aromatic carbocycles. The summed E-state index contributed by atoms with van der Waals surface area (Å²) in [5.74, 6) is 0.545. The van der Waals surface area contributed by atoms with Crippen LogP contribution in [0.15, 0.2) is 12.1 Å². The van der Waals surface area contributed by atoms with Gasteiger partial charge in [0.2, 0.25) is 5.79 Å². The molecule has 1 unspecified atom stereocenters. The number of halogens is 1. The van der Waals surface area contributed by atoms with Crippen LogP contribution in [0.25, 0.3) is 0 Å². The monoisotopic (exact) mass is 257 g/mol. The molecule has 1 aliphatic rings. The van der Waals surface area contributed by atoms with E-state index < -0.39 is 11.9 Å². The average Bonchev–Trinajstić information content (AvgIpc) is 2.50. The highest BCUT2D eigenvalue weighted by molar-refractivity contribution is 6.31. The molecule has 0 aliphatic carbocycles. The maximum atomic E-state index is 9.92. The fraction of sp³-hybridized carbons (Fsp3) is 0.500. The molecule has 0 amide bonds. The Hall–Kier alpha value is -0.970. The van der Waals surface area contributed by atoms with Crippen LogP contribution in [0.1, 0.15) is 25.5 Å². The van der Waals surface area contributed by atoms with Crippen molar-refractivity contribution in [2.75, 3.05) is 13.6 Å². The van der Waals surface area contributed by atoms with Crippen LogP contribution in [0.3, 0.4) is 0 Å². The van der Waals surface area contributed by atoms with Gasteiger partial charge in [-0.2, -0.15) is 0 Å². The summed E-state index contributed by atoms with van der Waals surface area (Å²) in [6, 6.07) is 3.41. The number of nitrogens with one attached hydrogen (secondary N) is 1. The predicted octanol–water partition coefficient (Wildman–Crippen LogP) is 2.10. The number of aliphatic hydroxyl groups is 1. The van der Waals surface area contributed by atoms with E-state index in [1.54, 1.807) is 19.2 Å². The SMILES string of the molecule is CNCC(O)c1cc2c(cc1Cl)OC(C)(C)O2. The number of benzene rings is 1. The molecule has 0 bridgehead atoms. The summed E-state index contributed by atoms with van der Waals surface area (Å²) in [5, 5.41) is 13.3. The van der Waals surface area contributed by atoms with Gasteiger partial charge in [-0.25, -0.2) is 0 Å². The lowest BCUT2D eigenvalue weighted by Crippen LogP contribution is -2.29. The van der Waals surface area contributed by atoms with Crippen LogP contribution >= 0.6 is 11.6 Å². The molecule has 0 fully saturated rings. The Morgan fingerprint density at radius 2 is 1.94 bits per heavy atom. The minimum absolute atomic E-state index is 0.433. The smallest absolute Gasteiger partial charge is 0.246 e. The van der Waals surface area contributed by atoms with Gasteiger partial charge in [-0.1, -0.05) is 11.6 Å². The molecule has 0 aromatic heterocycles. The van der Waals surface area contributed by atoms with E-state index in [2.05, 4.69) is 5.32 Å². The van der Waals surface area contributed by atoms with Crippen molar-refractivity contribution in [3.05, 3.63) is 22.7 Å². The van der Waals surface area contributed by atoms with E-state index in [1.165, 1.54) is 0 Å². The van der Waals surface area contributed by atoms with E-state index in [9.17, 15) is 5.11 Å². The van der Waals surface area contributed by atoms with Gasteiger partial charge in [0.15, 0.2) is 11.5 Å². The Morgan fingerprint density at radius 3 is 2.53 bits per heavy atom. The molecule has 2 rings (SSSR count). The summed E-state index contributed by atoms with van der Waals surface area (Å²) in [4.78, 5) is 0. The summed E-state index contributed by atoms with van der Waals surface area (Å²) in [5.41, 5.74) is 0.640. The molecule has 94 valence electrons. The number of likely N-dealkylation sites (N-methyl/N-ethyl adjacent to an activating group) is 1. The molecular weight excluding hydrogens is 242 g/mol. The molecule has 0 spiro atoms. The van der Waals surface area contributed by atoms with Gasteiger partial charge in [-0.05, 0) is 13.1 Å². The molecule has 1 heterocycles. The third-order valence-corrected chi connectivity index (χ3v) is 2.86. The van der Waals surface area contributed by atoms with Crippen LogP contribution in [0, 0.1) is 0 Å². The summed E-state index contributed by atoms with van der Waals surface area (Å²) >= 11 is 6.11. The first-order chi connectivity index (χ1) is 7.93. The minimum atomic E-state index is -0.682. The zero-order valence-electron chi connectivity index (χ0n) is 10.1. The Bertz CT molecular complexity index is 434. The van der Waals surface area contributed by atoms with Crippen molar-refractivity contribution in [1.82, 2.24) is 5.32 Å². The van der Waals surface area contributed by atoms with E-state index in [0.29, 0.717) is 28.6 Å². The van der Waals surface area contributed by atoms with E-state index >= 15 is 0 Å². The predicted molar refractivity (Wildman–Crippen MR) is 65.7 cm³/mol. The summed E-state index contributed by atoms with van der Waals surface area (Å²) in [7, 11) is 1.77. The van der Waals surface area contributed by atoms with Gasteiger partial charge in [-0.3, -0.25) is 0 Å². The lowest BCUT2D eigenvalue weighted by molar-refractivity contribution is -0.0432. The Kier molecular flexibility index (Phi) is 3.21. The number of hydrogen-bond donors (Lipinski definition) is 2. The van der Waals surface area contributed by atoms with Gasteiger partial charge >= 0.3 is 0 Å². The van der Waals surface area contributed by atoms with Gasteiger partial charge < -0.3 is 19.9 Å². The molecule has 5 heteroatoms. The van der Waals surface area contributed by atoms with Crippen molar-refractivity contribution in [3.63, 3.8) is 0 Å². The van der Waals surface area contributed by atoms with Crippen molar-refractivity contribution in [2.24, 2.45) is 0 Å². The molecule has 17 heavy (non-hydrogen) atoms. The largest absolute Gasteiger partial charge is 0.449 e. The first-order valence-electron chi connectivity index (χ1n) is 5.47. The van der Waals surface area contributed by atoms with Crippen LogP contribution in [-0.4, -0.2) is 24.5 Å². The van der Waals surface area contributed by atoms with Crippen LogP contribution in [0.2, 0.25) is 5.02 Å². The van der Waals surface area contributed by atoms with Crippen LogP contribution in [-0.2, 0) is 0 Å². The van der Waals surface area contributed by atoms with Crippen LogP contribution < -0.4 is 14.8 Å². The zero-order valence-corrected chi connectivity index (χ0v) is 10.8. The molecule has 1 aliphatic heterocycles. The maximum absolute atomic E-state index is 9.92. The summed E-state index contributed by atoms with van der Waals surface area (Å²) in [6.45, 7) is 4.08. The molecule has 0 radical (unpaired) electrons. The number of fused-ring (bicyclic) bond motifs is 1. The van der Waals surface area contributed by atoms with Crippen molar-refractivity contribution >= 4 is 11.6 Å². The quantitative estimate of drug-likeness (QED) is 0.871. The van der Waals surface area contributed by atoms with Gasteiger partial charge in [0, 0.05) is 32.0 Å². The maximum Gasteiger partial charge on any atom is 0.246 e. The summed E-state index contributed by atoms with van der Waals surface area (Å²) in [6.07, 6.45) is -0.662. The topological polar surface area (TPSA) is 50.7 Å². The van der Waals surface area contributed by atoms with Crippen molar-refractivity contribution in [3.8, 4) is 11.5 Å². The lowest BCUT2D eigenvalue weighted by Gasteiger charge is -2.16. The van der Waals surface area contributed by atoms with E-state index in [4.69, 9.17) is 21.1 Å². The van der Waals surface area contributed by atoms with Crippen molar-refractivity contribution in [1.29, 1.82) is 0 Å². The van der Waals surface area contributed by atoms with E-state index in [1.807, 2.05) is 13.8 Å². The highest BCUT2D eigenvalue weighted by atomic mass is 35.5. The average molecular weight is 258 g/mol. The van der Waals surface area contributed by atoms with Gasteiger partial charge in [-0.15, -0.1) is 0 Å². The number of ether oxygens (including phenoxy) is 2. The number of aliphatic hydroxyl groups excluding tert-OH is 1. The molecule has 0 saturated heterocycles. The Morgan fingerprint density at radius 1 is 1.35 bits per heavy atom. The normalized spacial score (nSPS) is 18.2. The summed E-state index contributed by atoms with van der Waals surface area (Å²) < 4.78 is 11.2. The fourth-order valence-corrected chi connectivity index (χ4v) is 2.10. The molecule has 2 N–H and O–H groups in total. The number of rotatable bonds is 3. The molecule has 1 atom stereocenters. The van der Waals surface area contributed by atoms with Crippen molar-refractivity contribution < 1.29 is 14.6 Å². The van der Waals surface area contributed by atoms with Crippen LogP contribution in [0.5, 0.6) is 11.5 Å². The Balaban J connectivity index is 2.33. The fourth-order valence-electron chi connectivity index (χ4n) is 1.82. The second kappa shape index (κ2) is 4.37. The van der Waals surface area contributed by atoms with Gasteiger partial charge in [0.05, 0.1) is 11.1 Å². The highest BCUT2D eigenvalue weighted by Gasteiger charge is 2.33. The van der Waals surface area contributed by atoms with E-state index in [0.717, 1.165) is 0 Å².